The molecule has 0 bridgehead atoms. The van der Waals surface area contributed by atoms with Crippen LogP contribution in [-0.2, 0) is 20.9 Å². The average Bonchev–Trinajstić information content (AvgIpc) is 3.36. The maximum Gasteiger partial charge on any atom is 0.225 e. The first-order chi connectivity index (χ1) is 18.8. The molecule has 0 unspecified atom stereocenters. The lowest BCUT2D eigenvalue weighted by Crippen LogP contribution is -2.59. The van der Waals surface area contributed by atoms with Gasteiger partial charge in [-0.1, -0.05) is 29.8 Å². The predicted molar refractivity (Wildman–Crippen MR) is 150 cm³/mol. The van der Waals surface area contributed by atoms with Crippen molar-refractivity contribution in [2.45, 2.75) is 31.9 Å². The van der Waals surface area contributed by atoms with E-state index in [1.807, 2.05) is 64.0 Å². The van der Waals surface area contributed by atoms with Crippen LogP contribution in [0, 0.1) is 6.92 Å². The number of rotatable bonds is 8. The van der Waals surface area contributed by atoms with Crippen molar-refractivity contribution < 1.29 is 19.1 Å². The number of fused-ring (bicyclic) bond motifs is 1. The lowest BCUT2D eigenvalue weighted by atomic mass is 9.96. The molecule has 3 aromatic rings. The summed E-state index contributed by atoms with van der Waals surface area (Å²) in [5, 5.41) is 6.17. The van der Waals surface area contributed by atoms with Gasteiger partial charge in [-0.15, -0.1) is 0 Å². The molecule has 1 aromatic heterocycles. The van der Waals surface area contributed by atoms with Crippen molar-refractivity contribution in [3.63, 3.8) is 0 Å². The summed E-state index contributed by atoms with van der Waals surface area (Å²) in [6.07, 6.45) is 2.28. The topological polar surface area (TPSA) is 80.1 Å². The Kier molecular flexibility index (Phi) is 8.40. The third-order valence-electron chi connectivity index (χ3n) is 7.65. The van der Waals surface area contributed by atoms with E-state index in [4.69, 9.17) is 21.1 Å². The summed E-state index contributed by atoms with van der Waals surface area (Å²) >= 11 is 6.19. The molecule has 208 valence electrons. The van der Waals surface area contributed by atoms with Gasteiger partial charge in [0.1, 0.15) is 18.0 Å². The van der Waals surface area contributed by atoms with Crippen LogP contribution >= 0.6 is 11.6 Å². The van der Waals surface area contributed by atoms with Crippen molar-refractivity contribution in [1.29, 1.82) is 0 Å². The highest BCUT2D eigenvalue weighted by Gasteiger charge is 2.42. The Morgan fingerprint density at radius 1 is 1.05 bits per heavy atom. The van der Waals surface area contributed by atoms with Crippen LogP contribution in [0.2, 0.25) is 5.02 Å². The molecule has 0 saturated carbocycles. The molecule has 2 aliphatic rings. The van der Waals surface area contributed by atoms with Gasteiger partial charge in [-0.25, -0.2) is 0 Å². The molecule has 2 saturated heterocycles. The second kappa shape index (κ2) is 11.9. The quantitative estimate of drug-likeness (QED) is 0.426. The minimum absolute atomic E-state index is 0.0108. The van der Waals surface area contributed by atoms with Crippen molar-refractivity contribution in [2.24, 2.45) is 0 Å². The number of nitrogens with zero attached hydrogens (tertiary/aromatic N) is 5. The van der Waals surface area contributed by atoms with E-state index in [1.165, 1.54) is 0 Å². The molecule has 0 radical (unpaired) electrons. The number of morpholine rings is 1. The van der Waals surface area contributed by atoms with Gasteiger partial charge < -0.3 is 24.2 Å². The van der Waals surface area contributed by atoms with Gasteiger partial charge >= 0.3 is 0 Å². The Morgan fingerprint density at radius 3 is 2.64 bits per heavy atom. The molecule has 39 heavy (non-hydrogen) atoms. The summed E-state index contributed by atoms with van der Waals surface area (Å²) in [6.45, 7) is 6.71. The van der Waals surface area contributed by atoms with Crippen LogP contribution in [-0.4, -0.2) is 101 Å². The number of aromatic nitrogens is 2. The third kappa shape index (κ3) is 6.54. The van der Waals surface area contributed by atoms with Crippen LogP contribution in [0.5, 0.6) is 5.75 Å². The molecular formula is C29H36ClN5O4. The molecule has 0 aliphatic carbocycles. The zero-order valence-corrected chi connectivity index (χ0v) is 23.4. The largest absolute Gasteiger partial charge is 0.490 e. The molecule has 0 N–H and O–H groups in total. The van der Waals surface area contributed by atoms with Crippen molar-refractivity contribution in [3.8, 4) is 5.75 Å². The Hall–Kier alpha value is -3.14. The van der Waals surface area contributed by atoms with Crippen molar-refractivity contribution in [3.05, 3.63) is 59.2 Å². The van der Waals surface area contributed by atoms with E-state index in [0.29, 0.717) is 50.0 Å². The molecule has 5 rings (SSSR count). The number of hydrogen-bond acceptors (Lipinski definition) is 6. The van der Waals surface area contributed by atoms with E-state index in [9.17, 15) is 9.59 Å². The number of carbonyl (C=O) groups is 2. The summed E-state index contributed by atoms with van der Waals surface area (Å²) in [5.74, 6) is 0.689. The molecule has 3 heterocycles. The molecule has 2 aromatic carbocycles. The Labute approximate surface area is 234 Å². The summed E-state index contributed by atoms with van der Waals surface area (Å²) in [5.41, 5.74) is 0.968. The first-order valence-electron chi connectivity index (χ1n) is 13.5. The van der Waals surface area contributed by atoms with Crippen molar-refractivity contribution >= 4 is 34.3 Å². The fourth-order valence-corrected chi connectivity index (χ4v) is 5.35. The maximum absolute atomic E-state index is 13.4. The van der Waals surface area contributed by atoms with E-state index in [-0.39, 0.29) is 31.4 Å². The number of ether oxygens (including phenoxy) is 2. The Morgan fingerprint density at radius 2 is 1.85 bits per heavy atom. The van der Waals surface area contributed by atoms with Crippen LogP contribution < -0.4 is 4.74 Å². The minimum atomic E-state index is -0.944. The number of aryl methyl sites for hydroxylation is 2. The van der Waals surface area contributed by atoms with Gasteiger partial charge in [0.25, 0.3) is 0 Å². The van der Waals surface area contributed by atoms with E-state index < -0.39 is 5.60 Å². The number of carbonyl (C=O) groups excluding carboxylic acids is 2. The van der Waals surface area contributed by atoms with Crippen molar-refractivity contribution in [2.75, 3.05) is 59.5 Å². The van der Waals surface area contributed by atoms with E-state index in [0.717, 1.165) is 29.6 Å². The lowest BCUT2D eigenvalue weighted by Gasteiger charge is -2.43. The molecule has 0 spiro atoms. The minimum Gasteiger partial charge on any atom is -0.490 e. The van der Waals surface area contributed by atoms with Gasteiger partial charge in [-0.3, -0.25) is 14.3 Å². The summed E-state index contributed by atoms with van der Waals surface area (Å²) in [7, 11) is 2.06. The molecule has 2 amide bonds. The third-order valence-corrected chi connectivity index (χ3v) is 8.07. The highest BCUT2D eigenvalue weighted by atomic mass is 35.5. The molecule has 9 nitrogen and oxygen atoms in total. The van der Waals surface area contributed by atoms with Gasteiger partial charge in [0.2, 0.25) is 11.8 Å². The summed E-state index contributed by atoms with van der Waals surface area (Å²) < 4.78 is 14.3. The maximum atomic E-state index is 13.4. The van der Waals surface area contributed by atoms with Crippen LogP contribution in [0.1, 0.15) is 18.4 Å². The molecule has 10 heteroatoms. The highest BCUT2D eigenvalue weighted by molar-refractivity contribution is 6.31. The normalized spacial score (nSPS) is 20.4. The zero-order valence-electron chi connectivity index (χ0n) is 22.6. The van der Waals surface area contributed by atoms with E-state index >= 15 is 0 Å². The molecule has 2 aliphatic heterocycles. The summed E-state index contributed by atoms with van der Waals surface area (Å²) in [6, 6.07) is 13.4. The Balaban J connectivity index is 1.28. The predicted octanol–water partition coefficient (Wildman–Crippen LogP) is 3.23. The number of benzene rings is 2. The molecular weight excluding hydrogens is 518 g/mol. The fraction of sp³-hybridized carbons (Fsp3) is 0.483. The number of hydrogen-bond donors (Lipinski definition) is 0. The number of likely N-dealkylation sites (N-methyl/N-ethyl adjacent to an activating group) is 1. The first-order valence-corrected chi connectivity index (χ1v) is 13.9. The second-order valence-electron chi connectivity index (χ2n) is 10.6. The second-order valence-corrected chi connectivity index (χ2v) is 11.0. The monoisotopic (exact) mass is 553 g/mol. The van der Waals surface area contributed by atoms with Gasteiger partial charge in [-0.2, -0.15) is 5.10 Å². The SMILES string of the molecule is Cc1cc(OC[C@]2(CC(=O)N3CCN(C)CC3)CN(C(=O)CCn3ncc4ccccc43)CCO2)ccc1Cl. The van der Waals surface area contributed by atoms with E-state index in [1.54, 1.807) is 6.07 Å². The Bertz CT molecular complexity index is 1320. The smallest absolute Gasteiger partial charge is 0.225 e. The number of para-hydroxylation sites is 1. The zero-order chi connectivity index (χ0) is 27.4. The van der Waals surface area contributed by atoms with E-state index in [2.05, 4.69) is 17.0 Å². The molecule has 1 atom stereocenters. The number of amides is 2. The lowest BCUT2D eigenvalue weighted by molar-refractivity contribution is -0.166. The molecule has 2 fully saturated rings. The number of halogens is 1. The average molecular weight is 554 g/mol. The first kappa shape index (κ1) is 27.4. The van der Waals surface area contributed by atoms with Gasteiger partial charge in [-0.05, 0) is 43.8 Å². The van der Waals surface area contributed by atoms with Gasteiger partial charge in [0.05, 0.1) is 37.8 Å². The van der Waals surface area contributed by atoms with Crippen molar-refractivity contribution in [1.82, 2.24) is 24.5 Å². The summed E-state index contributed by atoms with van der Waals surface area (Å²) in [4.78, 5) is 32.7. The van der Waals surface area contributed by atoms with Crippen LogP contribution in [0.15, 0.2) is 48.7 Å². The van der Waals surface area contributed by atoms with Gasteiger partial charge in [0, 0.05) is 49.6 Å². The fourth-order valence-electron chi connectivity index (χ4n) is 5.23. The van der Waals surface area contributed by atoms with Crippen LogP contribution in [0.4, 0.5) is 0 Å². The number of piperazine rings is 1. The standard InChI is InChI=1S/C29H36ClN5O4/c1-22-17-24(7-8-25(22)30)38-21-29(18-28(37)33-13-11-32(2)12-14-33)20-34(15-16-39-29)27(36)9-10-35-26-6-4-3-5-23(26)19-31-35/h3-8,17,19H,9-16,18,20-21H2,1-2H3/t29-/m0/s1. The highest BCUT2D eigenvalue weighted by Crippen LogP contribution is 2.28. The van der Waals surface area contributed by atoms with Crippen LogP contribution in [0.25, 0.3) is 10.9 Å². The van der Waals surface area contributed by atoms with Gasteiger partial charge in [0.15, 0.2) is 0 Å². The van der Waals surface area contributed by atoms with Crippen LogP contribution in [0.3, 0.4) is 0 Å².